The Bertz CT molecular complexity index is 1050. The molecule has 0 amide bonds. The number of hydrogen-bond acceptors (Lipinski definition) is 6. The average molecular weight is 621 g/mol. The Kier molecular flexibility index (Phi) is 15.5. The molecule has 36 heavy (non-hydrogen) atoms. The lowest BCUT2D eigenvalue weighted by atomic mass is 10.1. The number of nitrogens with zero attached hydrogens (tertiary/aromatic N) is 5. The standard InChI is InChI=1S/C11H11BrN2.C9H22N2O.C8H6BrN/c1-14(2)6-5-9-7-11(12)4-3-10(9)8-13;1-9(2,3)12-8(10(4)5)11(6)7;1-6-4-8(9)3-2-7(6)5-10/h3-7H,1-2H3;8H,1-7H3;2-4H,1H3/b6-5+;;. The Morgan fingerprint density at radius 2 is 1.31 bits per heavy atom. The van der Waals surface area contributed by atoms with Crippen LogP contribution < -0.4 is 0 Å². The van der Waals surface area contributed by atoms with Crippen LogP contribution in [0.3, 0.4) is 0 Å². The van der Waals surface area contributed by atoms with Crippen molar-refractivity contribution < 1.29 is 4.74 Å². The molecule has 0 saturated heterocycles. The van der Waals surface area contributed by atoms with Gasteiger partial charge in [0.15, 0.2) is 6.35 Å². The first-order chi connectivity index (χ1) is 16.6. The van der Waals surface area contributed by atoms with E-state index in [0.717, 1.165) is 25.6 Å². The third-order valence-corrected chi connectivity index (χ3v) is 5.32. The normalized spacial score (nSPS) is 10.9. The average Bonchev–Trinajstić information content (AvgIpc) is 2.76. The van der Waals surface area contributed by atoms with E-state index in [2.05, 4.69) is 64.8 Å². The highest BCUT2D eigenvalue weighted by Crippen LogP contribution is 2.17. The van der Waals surface area contributed by atoms with Crippen molar-refractivity contribution in [2.75, 3.05) is 42.3 Å². The van der Waals surface area contributed by atoms with Crippen LogP contribution in [0.5, 0.6) is 0 Å². The summed E-state index contributed by atoms with van der Waals surface area (Å²) in [6, 6.07) is 15.5. The molecule has 0 atom stereocenters. The summed E-state index contributed by atoms with van der Waals surface area (Å²) in [6.45, 7) is 8.11. The largest absolute Gasteiger partial charge is 0.383 e. The minimum atomic E-state index is -0.0980. The predicted octanol–water partition coefficient (Wildman–Crippen LogP) is 6.69. The lowest BCUT2D eigenvalue weighted by Gasteiger charge is -2.35. The molecule has 196 valence electrons. The molecule has 0 aromatic heterocycles. The Labute approximate surface area is 235 Å². The smallest absolute Gasteiger partial charge is 0.168 e. The number of hydrogen-bond donors (Lipinski definition) is 0. The molecule has 2 aromatic rings. The first-order valence-electron chi connectivity index (χ1n) is 11.3. The van der Waals surface area contributed by atoms with Crippen molar-refractivity contribution in [3.63, 3.8) is 0 Å². The summed E-state index contributed by atoms with van der Waals surface area (Å²) in [5, 5.41) is 17.4. The molecule has 0 fully saturated rings. The zero-order chi connectivity index (χ0) is 28.1. The maximum atomic E-state index is 8.86. The minimum absolute atomic E-state index is 0.0463. The Morgan fingerprint density at radius 3 is 1.67 bits per heavy atom. The van der Waals surface area contributed by atoms with E-state index in [9.17, 15) is 0 Å². The van der Waals surface area contributed by atoms with Crippen molar-refractivity contribution in [3.05, 3.63) is 73.8 Å². The lowest BCUT2D eigenvalue weighted by Crippen LogP contribution is -2.46. The van der Waals surface area contributed by atoms with Crippen molar-refractivity contribution in [1.82, 2.24) is 14.7 Å². The van der Waals surface area contributed by atoms with Gasteiger partial charge in [0.25, 0.3) is 0 Å². The van der Waals surface area contributed by atoms with Gasteiger partial charge in [-0.05, 0) is 116 Å². The van der Waals surface area contributed by atoms with E-state index in [1.54, 1.807) is 12.1 Å². The fourth-order valence-electron chi connectivity index (χ4n) is 2.74. The predicted molar refractivity (Wildman–Crippen MR) is 157 cm³/mol. The van der Waals surface area contributed by atoms with Crippen LogP contribution in [-0.4, -0.2) is 68.9 Å². The maximum Gasteiger partial charge on any atom is 0.168 e. The van der Waals surface area contributed by atoms with E-state index in [-0.39, 0.29) is 12.0 Å². The molecule has 0 heterocycles. The molecular formula is C28H39Br2N5O. The molecule has 2 rings (SSSR count). The van der Waals surface area contributed by atoms with Crippen LogP contribution in [0.4, 0.5) is 0 Å². The van der Waals surface area contributed by atoms with E-state index in [1.165, 1.54) is 0 Å². The molecular weight excluding hydrogens is 582 g/mol. The van der Waals surface area contributed by atoms with Crippen molar-refractivity contribution in [3.8, 4) is 12.1 Å². The topological polar surface area (TPSA) is 66.5 Å². The molecule has 0 aliphatic rings. The summed E-state index contributed by atoms with van der Waals surface area (Å²) in [7, 11) is 11.9. The quantitative estimate of drug-likeness (QED) is 0.347. The third-order valence-electron chi connectivity index (χ3n) is 4.34. The van der Waals surface area contributed by atoms with Gasteiger partial charge in [-0.25, -0.2) is 0 Å². The molecule has 0 N–H and O–H groups in total. The molecule has 0 spiro atoms. The van der Waals surface area contributed by atoms with Crippen LogP contribution in [0, 0.1) is 29.6 Å². The summed E-state index contributed by atoms with van der Waals surface area (Å²) >= 11 is 6.69. The SMILES string of the molecule is CN(C)/C=C/c1cc(Br)ccc1C#N.CN(C)C(OC(C)(C)C)N(C)C.Cc1cc(Br)ccc1C#N. The molecule has 0 radical (unpaired) electrons. The van der Waals surface area contributed by atoms with Gasteiger partial charge in [0.1, 0.15) is 0 Å². The van der Waals surface area contributed by atoms with Crippen LogP contribution in [0.15, 0.2) is 51.5 Å². The summed E-state index contributed by atoms with van der Waals surface area (Å²) < 4.78 is 7.81. The molecule has 0 aliphatic heterocycles. The fraction of sp³-hybridized carbons (Fsp3) is 0.429. The maximum absolute atomic E-state index is 8.86. The summed E-state index contributed by atoms with van der Waals surface area (Å²) in [5.41, 5.74) is 3.26. The van der Waals surface area contributed by atoms with Crippen LogP contribution in [0.1, 0.15) is 43.0 Å². The number of halogens is 2. The van der Waals surface area contributed by atoms with E-state index in [0.29, 0.717) is 5.56 Å². The molecule has 0 bridgehead atoms. The van der Waals surface area contributed by atoms with Gasteiger partial charge in [-0.3, -0.25) is 9.80 Å². The zero-order valence-electron chi connectivity index (χ0n) is 23.1. The van der Waals surface area contributed by atoms with Crippen LogP contribution in [0.25, 0.3) is 6.08 Å². The number of benzene rings is 2. The van der Waals surface area contributed by atoms with Gasteiger partial charge in [-0.15, -0.1) is 0 Å². The molecule has 2 aromatic carbocycles. The summed E-state index contributed by atoms with van der Waals surface area (Å²) in [6.07, 6.45) is 3.89. The Hall–Kier alpha value is -2.20. The molecule has 0 unspecified atom stereocenters. The van der Waals surface area contributed by atoms with Crippen LogP contribution in [-0.2, 0) is 4.74 Å². The molecule has 6 nitrogen and oxygen atoms in total. The van der Waals surface area contributed by atoms with Gasteiger partial charge in [-0.1, -0.05) is 31.9 Å². The fourth-order valence-corrected chi connectivity index (χ4v) is 3.60. The number of rotatable bonds is 5. The van der Waals surface area contributed by atoms with Gasteiger partial charge in [0.05, 0.1) is 28.9 Å². The van der Waals surface area contributed by atoms with Gasteiger partial charge in [0, 0.05) is 23.0 Å². The van der Waals surface area contributed by atoms with Gasteiger partial charge < -0.3 is 9.64 Å². The number of nitriles is 2. The highest BCUT2D eigenvalue weighted by molar-refractivity contribution is 9.10. The third kappa shape index (κ3) is 14.4. The van der Waals surface area contributed by atoms with E-state index >= 15 is 0 Å². The van der Waals surface area contributed by atoms with E-state index in [4.69, 9.17) is 15.3 Å². The van der Waals surface area contributed by atoms with Crippen LogP contribution >= 0.6 is 31.9 Å². The van der Waals surface area contributed by atoms with Gasteiger partial charge in [-0.2, -0.15) is 10.5 Å². The number of ether oxygens (including phenoxy) is 1. The zero-order valence-corrected chi connectivity index (χ0v) is 26.3. The second-order valence-electron chi connectivity index (χ2n) is 9.68. The molecule has 8 heteroatoms. The summed E-state index contributed by atoms with van der Waals surface area (Å²) in [4.78, 5) is 6.03. The van der Waals surface area contributed by atoms with Crippen molar-refractivity contribution in [2.45, 2.75) is 39.6 Å². The Balaban J connectivity index is 0.000000518. The second-order valence-corrected chi connectivity index (χ2v) is 11.5. The summed E-state index contributed by atoms with van der Waals surface area (Å²) in [5.74, 6) is 0. The van der Waals surface area contributed by atoms with E-state index < -0.39 is 0 Å². The second kappa shape index (κ2) is 16.5. The highest BCUT2D eigenvalue weighted by atomic mass is 79.9. The van der Waals surface area contributed by atoms with Crippen molar-refractivity contribution in [1.29, 1.82) is 10.5 Å². The van der Waals surface area contributed by atoms with Gasteiger partial charge >= 0.3 is 0 Å². The first-order valence-corrected chi connectivity index (χ1v) is 12.9. The lowest BCUT2D eigenvalue weighted by molar-refractivity contribution is -0.178. The Morgan fingerprint density at radius 1 is 0.833 bits per heavy atom. The van der Waals surface area contributed by atoms with Crippen molar-refractivity contribution in [2.24, 2.45) is 0 Å². The first kappa shape index (κ1) is 33.8. The van der Waals surface area contributed by atoms with Crippen LogP contribution in [0.2, 0.25) is 0 Å². The highest BCUT2D eigenvalue weighted by Gasteiger charge is 2.21. The van der Waals surface area contributed by atoms with E-state index in [1.807, 2.05) is 100 Å². The minimum Gasteiger partial charge on any atom is -0.383 e. The molecule has 0 aliphatic carbocycles. The van der Waals surface area contributed by atoms with Crippen molar-refractivity contribution >= 4 is 37.9 Å². The van der Waals surface area contributed by atoms with Gasteiger partial charge in [0.2, 0.25) is 0 Å². The number of aryl methyl sites for hydroxylation is 1. The monoisotopic (exact) mass is 619 g/mol. The molecule has 0 saturated carbocycles.